The van der Waals surface area contributed by atoms with Crippen molar-refractivity contribution in [2.45, 2.75) is 26.4 Å². The molecule has 3 amide bonds. The highest BCUT2D eigenvalue weighted by Crippen LogP contribution is 2.44. The minimum absolute atomic E-state index is 0.230. The molecule has 0 saturated heterocycles. The Bertz CT molecular complexity index is 1860. The Balaban J connectivity index is 1.67. The molecule has 5 N–H and O–H groups in total. The summed E-state index contributed by atoms with van der Waals surface area (Å²) in [6.07, 6.45) is 6.46. The molecule has 208 valence electrons. The Morgan fingerprint density at radius 2 is 1.90 bits per heavy atom. The van der Waals surface area contributed by atoms with Crippen LogP contribution in [0.1, 0.15) is 35.3 Å². The second-order valence-corrected chi connectivity index (χ2v) is 11.0. The van der Waals surface area contributed by atoms with Crippen LogP contribution in [0, 0.1) is 6.92 Å². The number of hydrogen-bond donors (Lipinski definition) is 4. The van der Waals surface area contributed by atoms with E-state index in [0.29, 0.717) is 50.1 Å². The molecule has 4 aromatic rings. The summed E-state index contributed by atoms with van der Waals surface area (Å²) in [6, 6.07) is 11.9. The topological polar surface area (TPSA) is 129 Å². The Kier molecular flexibility index (Phi) is 7.25. The van der Waals surface area contributed by atoms with Crippen LogP contribution < -0.4 is 11.1 Å². The van der Waals surface area contributed by atoms with Gasteiger partial charge in [0, 0.05) is 44.8 Å². The van der Waals surface area contributed by atoms with Crippen LogP contribution in [-0.2, 0) is 10.4 Å². The summed E-state index contributed by atoms with van der Waals surface area (Å²) in [5, 5.41) is 15.5. The average Bonchev–Trinajstić information content (AvgIpc) is 3.29. The average molecular weight is 589 g/mol. The summed E-state index contributed by atoms with van der Waals surface area (Å²) in [7, 11) is 0. The zero-order chi connectivity index (χ0) is 29.6. The number of hydrogen-bond acceptors (Lipinski definition) is 4. The van der Waals surface area contributed by atoms with E-state index in [0.717, 1.165) is 10.9 Å². The van der Waals surface area contributed by atoms with Crippen LogP contribution in [0.25, 0.3) is 32.9 Å². The predicted molar refractivity (Wildman–Crippen MR) is 163 cm³/mol. The van der Waals surface area contributed by atoms with Gasteiger partial charge in [0.15, 0.2) is 0 Å². The van der Waals surface area contributed by atoms with E-state index in [1.807, 2.05) is 31.2 Å². The standard InChI is InChI=1S/C31H26Cl2N4O4/c1-16-18(6-4-8-23(16)36-30(40)37-12-5-7-21(32)25(37)11-13-38)26-22(33)15-20(29(34)39)28-27(26)19-10-9-17(31(2,3)41)14-24(19)35-28/h4-15,35,41H,1-3H3,(H2,34,39)(H,36,40)/b25-11-. The Labute approximate surface area is 245 Å². The molecule has 8 nitrogen and oxygen atoms in total. The highest BCUT2D eigenvalue weighted by atomic mass is 35.5. The number of H-pyrrole nitrogens is 1. The van der Waals surface area contributed by atoms with Crippen LogP contribution in [0.15, 0.2) is 77.6 Å². The fourth-order valence-corrected chi connectivity index (χ4v) is 5.53. The van der Waals surface area contributed by atoms with Crippen molar-refractivity contribution in [3.05, 3.63) is 99.3 Å². The molecule has 0 atom stereocenters. The van der Waals surface area contributed by atoms with Crippen molar-refractivity contribution in [1.82, 2.24) is 9.88 Å². The van der Waals surface area contributed by atoms with Gasteiger partial charge in [-0.05, 0) is 67.8 Å². The largest absolute Gasteiger partial charge is 0.386 e. The molecule has 1 aliphatic rings. The van der Waals surface area contributed by atoms with Crippen LogP contribution in [0.5, 0.6) is 0 Å². The summed E-state index contributed by atoms with van der Waals surface area (Å²) >= 11 is 13.1. The molecule has 0 saturated carbocycles. The first-order valence-electron chi connectivity index (χ1n) is 12.6. The number of carbonyl (C=O) groups is 3. The van der Waals surface area contributed by atoms with Crippen LogP contribution in [0.4, 0.5) is 10.5 Å². The van der Waals surface area contributed by atoms with Crippen molar-refractivity contribution in [3.63, 3.8) is 0 Å². The number of nitrogens with zero attached hydrogens (tertiary/aromatic N) is 1. The van der Waals surface area contributed by atoms with Gasteiger partial charge in [-0.15, -0.1) is 0 Å². The third kappa shape index (κ3) is 5.02. The Morgan fingerprint density at radius 3 is 2.59 bits per heavy atom. The molecule has 1 aromatic heterocycles. The molecule has 1 aliphatic heterocycles. The summed E-state index contributed by atoms with van der Waals surface area (Å²) in [5.41, 5.74) is 9.60. The van der Waals surface area contributed by atoms with Crippen LogP contribution in [-0.4, -0.2) is 33.2 Å². The second-order valence-electron chi connectivity index (χ2n) is 10.2. The van der Waals surface area contributed by atoms with E-state index in [1.54, 1.807) is 38.1 Å². The van der Waals surface area contributed by atoms with Gasteiger partial charge in [0.05, 0.1) is 27.4 Å². The lowest BCUT2D eigenvalue weighted by atomic mass is 9.92. The van der Waals surface area contributed by atoms with Crippen molar-refractivity contribution in [3.8, 4) is 11.1 Å². The number of fused-ring (bicyclic) bond motifs is 3. The SMILES string of the molecule is Cc1c(NC(=O)N2C=CC=C(Cl)/C2=C/C=O)cccc1-c1c(Cl)cc(C(N)=O)c2[nH]c3cc(C(C)(C)O)ccc3c12. The van der Waals surface area contributed by atoms with Crippen LogP contribution in [0.2, 0.25) is 5.02 Å². The number of nitrogens with two attached hydrogens (primary N) is 1. The second kappa shape index (κ2) is 10.6. The molecule has 0 radical (unpaired) electrons. The number of benzene rings is 3. The highest BCUT2D eigenvalue weighted by molar-refractivity contribution is 6.37. The molecule has 5 rings (SSSR count). The monoisotopic (exact) mass is 588 g/mol. The number of aldehydes is 1. The lowest BCUT2D eigenvalue weighted by Crippen LogP contribution is -2.31. The van der Waals surface area contributed by atoms with Gasteiger partial charge < -0.3 is 21.1 Å². The van der Waals surface area contributed by atoms with Gasteiger partial charge in [-0.3, -0.25) is 14.5 Å². The molecule has 41 heavy (non-hydrogen) atoms. The number of allylic oxidation sites excluding steroid dienone is 4. The number of anilines is 1. The maximum Gasteiger partial charge on any atom is 0.330 e. The van der Waals surface area contributed by atoms with E-state index in [4.69, 9.17) is 28.9 Å². The first-order valence-corrected chi connectivity index (χ1v) is 13.4. The van der Waals surface area contributed by atoms with Gasteiger partial charge in [0.2, 0.25) is 0 Å². The summed E-state index contributed by atoms with van der Waals surface area (Å²) < 4.78 is 0. The van der Waals surface area contributed by atoms with E-state index >= 15 is 0 Å². The summed E-state index contributed by atoms with van der Waals surface area (Å²) in [6.45, 7) is 5.23. The van der Waals surface area contributed by atoms with Crippen molar-refractivity contribution >= 4 is 68.9 Å². The van der Waals surface area contributed by atoms with E-state index in [9.17, 15) is 19.5 Å². The summed E-state index contributed by atoms with van der Waals surface area (Å²) in [4.78, 5) is 41.4. The molecular formula is C31H26Cl2N4O4. The minimum Gasteiger partial charge on any atom is -0.386 e. The van der Waals surface area contributed by atoms with Crippen molar-refractivity contribution in [1.29, 1.82) is 0 Å². The smallest absolute Gasteiger partial charge is 0.330 e. The molecule has 10 heteroatoms. The number of nitrogens with one attached hydrogen (secondary N) is 2. The number of aliphatic hydroxyl groups is 1. The Hall–Kier alpha value is -4.37. The van der Waals surface area contributed by atoms with Gasteiger partial charge in [-0.25, -0.2) is 4.79 Å². The number of aromatic amines is 1. The molecule has 0 bridgehead atoms. The van der Waals surface area contributed by atoms with E-state index in [2.05, 4.69) is 10.3 Å². The number of amides is 3. The lowest BCUT2D eigenvalue weighted by Gasteiger charge is -2.24. The van der Waals surface area contributed by atoms with Crippen molar-refractivity contribution < 1.29 is 19.5 Å². The minimum atomic E-state index is -1.08. The molecule has 0 unspecified atom stereocenters. The maximum atomic E-state index is 13.3. The van der Waals surface area contributed by atoms with Gasteiger partial charge in [-0.2, -0.15) is 0 Å². The fourth-order valence-electron chi connectivity index (χ4n) is 5.00. The Morgan fingerprint density at radius 1 is 1.15 bits per heavy atom. The molecule has 2 heterocycles. The first-order chi connectivity index (χ1) is 19.4. The third-order valence-electron chi connectivity index (χ3n) is 7.07. The number of primary amides is 1. The quantitative estimate of drug-likeness (QED) is 0.150. The number of urea groups is 1. The third-order valence-corrected chi connectivity index (χ3v) is 7.69. The first kappa shape index (κ1) is 28.2. The highest BCUT2D eigenvalue weighted by Gasteiger charge is 2.25. The maximum absolute atomic E-state index is 13.3. The number of halogens is 2. The van der Waals surface area contributed by atoms with Gasteiger partial charge in [0.1, 0.15) is 6.29 Å². The summed E-state index contributed by atoms with van der Waals surface area (Å²) in [5.74, 6) is -0.642. The number of carbonyl (C=O) groups excluding carboxylic acids is 3. The van der Waals surface area contributed by atoms with Crippen LogP contribution in [0.3, 0.4) is 0 Å². The van der Waals surface area contributed by atoms with E-state index in [-0.39, 0.29) is 16.3 Å². The lowest BCUT2D eigenvalue weighted by molar-refractivity contribution is -0.104. The zero-order valence-corrected chi connectivity index (χ0v) is 23.9. The van der Waals surface area contributed by atoms with Gasteiger partial charge in [0.25, 0.3) is 5.91 Å². The predicted octanol–water partition coefficient (Wildman–Crippen LogP) is 6.84. The van der Waals surface area contributed by atoms with Crippen LogP contribution >= 0.6 is 23.2 Å². The van der Waals surface area contributed by atoms with Gasteiger partial charge in [-0.1, -0.05) is 47.5 Å². The normalized spacial score (nSPS) is 14.5. The van der Waals surface area contributed by atoms with E-state index < -0.39 is 17.5 Å². The molecule has 0 aliphatic carbocycles. The number of rotatable bonds is 5. The van der Waals surface area contributed by atoms with Crippen molar-refractivity contribution in [2.24, 2.45) is 5.73 Å². The molecular weight excluding hydrogens is 563 g/mol. The molecule has 0 fully saturated rings. The number of aromatic nitrogens is 1. The van der Waals surface area contributed by atoms with E-state index in [1.165, 1.54) is 23.2 Å². The molecule has 3 aromatic carbocycles. The fraction of sp³-hybridized carbons (Fsp3) is 0.129. The van der Waals surface area contributed by atoms with Gasteiger partial charge >= 0.3 is 6.03 Å². The molecule has 0 spiro atoms. The zero-order valence-electron chi connectivity index (χ0n) is 22.4. The van der Waals surface area contributed by atoms with Crippen molar-refractivity contribution in [2.75, 3.05) is 5.32 Å².